The van der Waals surface area contributed by atoms with Gasteiger partial charge in [-0.25, -0.2) is 8.42 Å². The molecule has 0 aromatic heterocycles. The van der Waals surface area contributed by atoms with Gasteiger partial charge in [0.1, 0.15) is 6.04 Å². The van der Waals surface area contributed by atoms with E-state index in [1.807, 2.05) is 6.92 Å². The minimum Gasteiger partial charge on any atom is -0.353 e. The van der Waals surface area contributed by atoms with E-state index < -0.39 is 45.7 Å². The summed E-state index contributed by atoms with van der Waals surface area (Å²) in [5.41, 5.74) is 0.612. The van der Waals surface area contributed by atoms with Crippen LogP contribution >= 0.6 is 11.6 Å². The standard InChI is InChI=1S/C24H31ClN4O5S/c1-16-9-11-17(12-10-16)35(33,34)29-20(15-21(30)28-24(2,3)4)23(32)27-14-13-26-22(31)18-7-5-6-8-19(18)25/h5-12,20,29H,13-15H2,1-4H3,(H,26,31)(H,27,32)(H,28,30)/t20-/m0/s1. The number of benzene rings is 2. The molecule has 35 heavy (non-hydrogen) atoms. The minimum atomic E-state index is -4.07. The van der Waals surface area contributed by atoms with E-state index in [2.05, 4.69) is 20.7 Å². The first-order chi connectivity index (χ1) is 16.3. The fourth-order valence-electron chi connectivity index (χ4n) is 3.04. The molecule has 0 aliphatic rings. The first kappa shape index (κ1) is 28.3. The third kappa shape index (κ3) is 9.31. The van der Waals surface area contributed by atoms with E-state index in [0.29, 0.717) is 10.6 Å². The van der Waals surface area contributed by atoms with Crippen molar-refractivity contribution in [1.82, 2.24) is 20.7 Å². The van der Waals surface area contributed by atoms with E-state index in [1.165, 1.54) is 12.1 Å². The third-order valence-corrected chi connectivity index (χ3v) is 6.49. The monoisotopic (exact) mass is 522 g/mol. The number of carbonyl (C=O) groups is 3. The predicted octanol–water partition coefficient (Wildman–Crippen LogP) is 2.15. The Bertz CT molecular complexity index is 1160. The Hall–Kier alpha value is -2.95. The van der Waals surface area contributed by atoms with Crippen LogP contribution in [0.5, 0.6) is 0 Å². The number of hydrogen-bond acceptors (Lipinski definition) is 5. The lowest BCUT2D eigenvalue weighted by Crippen LogP contribution is -2.51. The summed E-state index contributed by atoms with van der Waals surface area (Å²) >= 11 is 6.01. The molecule has 2 aromatic rings. The van der Waals surface area contributed by atoms with Crippen LogP contribution in [0.25, 0.3) is 0 Å². The Morgan fingerprint density at radius 3 is 2.14 bits per heavy atom. The lowest BCUT2D eigenvalue weighted by Gasteiger charge is -2.23. The van der Waals surface area contributed by atoms with Crippen molar-refractivity contribution >= 4 is 39.3 Å². The Labute approximate surface area is 211 Å². The Morgan fingerprint density at radius 2 is 1.54 bits per heavy atom. The fraction of sp³-hybridized carbons (Fsp3) is 0.375. The minimum absolute atomic E-state index is 0.0126. The highest BCUT2D eigenvalue weighted by atomic mass is 35.5. The number of nitrogens with one attached hydrogen (secondary N) is 4. The summed E-state index contributed by atoms with van der Waals surface area (Å²) in [4.78, 5) is 37.5. The normalized spacial score (nSPS) is 12.5. The zero-order chi connectivity index (χ0) is 26.2. The summed E-state index contributed by atoms with van der Waals surface area (Å²) in [6, 6.07) is 11.3. The summed E-state index contributed by atoms with van der Waals surface area (Å²) in [6.07, 6.45) is -0.403. The van der Waals surface area contributed by atoms with Crippen molar-refractivity contribution < 1.29 is 22.8 Å². The van der Waals surface area contributed by atoms with Crippen molar-refractivity contribution in [3.63, 3.8) is 0 Å². The summed E-state index contributed by atoms with van der Waals surface area (Å²) in [6.45, 7) is 7.23. The molecule has 3 amide bonds. The maximum Gasteiger partial charge on any atom is 0.252 e. The van der Waals surface area contributed by atoms with Crippen molar-refractivity contribution in [3.8, 4) is 0 Å². The van der Waals surface area contributed by atoms with Gasteiger partial charge in [-0.05, 0) is 52.0 Å². The molecule has 2 rings (SSSR count). The van der Waals surface area contributed by atoms with Crippen LogP contribution in [-0.4, -0.2) is 50.8 Å². The van der Waals surface area contributed by atoms with Gasteiger partial charge in [0, 0.05) is 18.6 Å². The molecule has 0 aliphatic heterocycles. The maximum atomic E-state index is 12.8. The van der Waals surface area contributed by atoms with Gasteiger partial charge in [0.15, 0.2) is 0 Å². The Morgan fingerprint density at radius 1 is 0.943 bits per heavy atom. The molecule has 0 fully saturated rings. The molecule has 4 N–H and O–H groups in total. The summed E-state index contributed by atoms with van der Waals surface area (Å²) in [5.74, 6) is -1.60. The van der Waals surface area contributed by atoms with Crippen molar-refractivity contribution in [3.05, 3.63) is 64.7 Å². The van der Waals surface area contributed by atoms with Gasteiger partial charge in [0.25, 0.3) is 5.91 Å². The largest absolute Gasteiger partial charge is 0.353 e. The summed E-state index contributed by atoms with van der Waals surface area (Å²) < 4.78 is 28.0. The quantitative estimate of drug-likeness (QED) is 0.355. The van der Waals surface area contributed by atoms with Gasteiger partial charge in [-0.3, -0.25) is 14.4 Å². The van der Waals surface area contributed by atoms with E-state index in [9.17, 15) is 22.8 Å². The fourth-order valence-corrected chi connectivity index (χ4v) is 4.46. The second-order valence-electron chi connectivity index (χ2n) is 9.02. The van der Waals surface area contributed by atoms with Gasteiger partial charge < -0.3 is 16.0 Å². The lowest BCUT2D eigenvalue weighted by atomic mass is 10.1. The summed E-state index contributed by atoms with van der Waals surface area (Å²) in [5, 5.41) is 8.21. The topological polar surface area (TPSA) is 133 Å². The second-order valence-corrected chi connectivity index (χ2v) is 11.1. The third-order valence-electron chi connectivity index (χ3n) is 4.68. The van der Waals surface area contributed by atoms with Gasteiger partial charge in [-0.2, -0.15) is 4.72 Å². The highest BCUT2D eigenvalue weighted by molar-refractivity contribution is 7.89. The Balaban J connectivity index is 2.05. The molecule has 0 radical (unpaired) electrons. The van der Waals surface area contributed by atoms with Crippen LogP contribution in [0.2, 0.25) is 5.02 Å². The Kier molecular flexibility index (Phi) is 9.82. The number of sulfonamides is 1. The SMILES string of the molecule is Cc1ccc(S(=O)(=O)N[C@@H](CC(=O)NC(C)(C)C)C(=O)NCCNC(=O)c2ccccc2Cl)cc1. The molecule has 9 nitrogen and oxygen atoms in total. The highest BCUT2D eigenvalue weighted by Gasteiger charge is 2.29. The van der Waals surface area contributed by atoms with E-state index in [4.69, 9.17) is 11.6 Å². The molecule has 2 aromatic carbocycles. The van der Waals surface area contributed by atoms with Crippen LogP contribution in [-0.2, 0) is 19.6 Å². The highest BCUT2D eigenvalue weighted by Crippen LogP contribution is 2.14. The molecule has 0 unspecified atom stereocenters. The maximum absolute atomic E-state index is 12.8. The van der Waals surface area contributed by atoms with Crippen LogP contribution in [0.3, 0.4) is 0 Å². The predicted molar refractivity (Wildman–Crippen MR) is 135 cm³/mol. The average molecular weight is 523 g/mol. The molecule has 0 saturated carbocycles. The van der Waals surface area contributed by atoms with Crippen LogP contribution in [0.1, 0.15) is 43.1 Å². The van der Waals surface area contributed by atoms with Crippen molar-refractivity contribution in [2.75, 3.05) is 13.1 Å². The average Bonchev–Trinajstić information content (AvgIpc) is 2.75. The number of aryl methyl sites for hydroxylation is 1. The zero-order valence-electron chi connectivity index (χ0n) is 20.1. The van der Waals surface area contributed by atoms with E-state index in [0.717, 1.165) is 5.56 Å². The molecule has 0 saturated heterocycles. The van der Waals surface area contributed by atoms with Gasteiger partial charge in [0.05, 0.1) is 21.9 Å². The molecule has 11 heteroatoms. The molecule has 190 valence electrons. The summed E-state index contributed by atoms with van der Waals surface area (Å²) in [7, 11) is -4.07. The zero-order valence-corrected chi connectivity index (χ0v) is 21.7. The smallest absolute Gasteiger partial charge is 0.252 e. The van der Waals surface area contributed by atoms with Gasteiger partial charge in [0.2, 0.25) is 21.8 Å². The number of hydrogen-bond donors (Lipinski definition) is 4. The number of amides is 3. The van der Waals surface area contributed by atoms with Crippen LogP contribution < -0.4 is 20.7 Å². The molecular formula is C24H31ClN4O5S. The first-order valence-electron chi connectivity index (χ1n) is 11.0. The second kappa shape index (κ2) is 12.1. The van der Waals surface area contributed by atoms with E-state index >= 15 is 0 Å². The molecule has 0 bridgehead atoms. The van der Waals surface area contributed by atoms with Crippen molar-refractivity contribution in [2.45, 2.75) is 50.6 Å². The van der Waals surface area contributed by atoms with Crippen LogP contribution in [0.4, 0.5) is 0 Å². The number of rotatable bonds is 10. The van der Waals surface area contributed by atoms with E-state index in [-0.39, 0.29) is 18.0 Å². The molecule has 0 aliphatic carbocycles. The van der Waals surface area contributed by atoms with Gasteiger partial charge in [-0.15, -0.1) is 0 Å². The molecular weight excluding hydrogens is 492 g/mol. The van der Waals surface area contributed by atoms with Gasteiger partial charge >= 0.3 is 0 Å². The van der Waals surface area contributed by atoms with E-state index in [1.54, 1.807) is 57.2 Å². The van der Waals surface area contributed by atoms with Crippen molar-refractivity contribution in [1.29, 1.82) is 0 Å². The van der Waals surface area contributed by atoms with Crippen molar-refractivity contribution in [2.24, 2.45) is 0 Å². The number of carbonyl (C=O) groups excluding carboxylic acids is 3. The van der Waals surface area contributed by atoms with Crippen LogP contribution in [0, 0.1) is 6.92 Å². The number of halogens is 1. The molecule has 1 atom stereocenters. The molecule has 0 spiro atoms. The van der Waals surface area contributed by atoms with Crippen LogP contribution in [0.15, 0.2) is 53.4 Å². The lowest BCUT2D eigenvalue weighted by molar-refractivity contribution is -0.128. The molecule has 0 heterocycles. The first-order valence-corrected chi connectivity index (χ1v) is 12.8. The van der Waals surface area contributed by atoms with Gasteiger partial charge in [-0.1, -0.05) is 41.4 Å².